The van der Waals surface area contributed by atoms with E-state index in [0.717, 1.165) is 0 Å². The summed E-state index contributed by atoms with van der Waals surface area (Å²) in [5.41, 5.74) is -0.751. The Morgan fingerprint density at radius 3 is 2.11 bits per heavy atom. The summed E-state index contributed by atoms with van der Waals surface area (Å²) in [6.07, 6.45) is -4.67. The number of halogens is 3. The number of hydrogen-bond donors (Lipinski definition) is 1. The van der Waals surface area contributed by atoms with Crippen molar-refractivity contribution >= 4 is 11.9 Å². The molecule has 5 nitrogen and oxygen atoms in total. The molecule has 0 saturated carbocycles. The van der Waals surface area contributed by atoms with Crippen LogP contribution in [-0.2, 0) is 11.0 Å². The van der Waals surface area contributed by atoms with E-state index in [1.165, 1.54) is 6.92 Å². The normalized spacial score (nSPS) is 12.4. The molecule has 0 unspecified atom stereocenters. The van der Waals surface area contributed by atoms with Crippen molar-refractivity contribution in [3.05, 3.63) is 11.6 Å². The number of carbonyl (C=O) groups is 1. The highest BCUT2D eigenvalue weighted by Gasteiger charge is 2.36. The van der Waals surface area contributed by atoms with Gasteiger partial charge < -0.3 is 0 Å². The Morgan fingerprint density at radius 1 is 1.11 bits per heavy atom. The first-order chi connectivity index (χ1) is 8.00. The summed E-state index contributed by atoms with van der Waals surface area (Å²) in [4.78, 5) is 21.6. The SMILES string of the molecule is Cc1nc(NC(=O)C(C)(C)C)nc(C(F)(F)F)n1. The van der Waals surface area contributed by atoms with Gasteiger partial charge in [-0.15, -0.1) is 0 Å². The van der Waals surface area contributed by atoms with E-state index in [2.05, 4.69) is 20.3 Å². The molecule has 1 rings (SSSR count). The molecule has 1 amide bonds. The lowest BCUT2D eigenvalue weighted by Gasteiger charge is -2.17. The topological polar surface area (TPSA) is 67.8 Å². The fraction of sp³-hybridized carbons (Fsp3) is 0.600. The summed E-state index contributed by atoms with van der Waals surface area (Å²) in [5.74, 6) is -2.29. The molecular formula is C10H13F3N4O. The summed E-state index contributed by atoms with van der Waals surface area (Å²) < 4.78 is 37.4. The molecule has 0 aliphatic carbocycles. The molecule has 0 fully saturated rings. The summed E-state index contributed by atoms with van der Waals surface area (Å²) in [6, 6.07) is 0. The van der Waals surface area contributed by atoms with Crippen molar-refractivity contribution in [3.63, 3.8) is 0 Å². The van der Waals surface area contributed by atoms with Crippen molar-refractivity contribution in [1.82, 2.24) is 15.0 Å². The minimum atomic E-state index is -4.67. The maximum atomic E-state index is 12.5. The van der Waals surface area contributed by atoms with Crippen LogP contribution in [0, 0.1) is 12.3 Å². The number of nitrogens with zero attached hydrogens (tertiary/aromatic N) is 3. The zero-order valence-corrected chi connectivity index (χ0v) is 10.4. The molecule has 0 aromatic carbocycles. The Labute approximate surface area is 102 Å². The van der Waals surface area contributed by atoms with Crippen molar-refractivity contribution in [2.45, 2.75) is 33.9 Å². The van der Waals surface area contributed by atoms with Crippen molar-refractivity contribution in [2.24, 2.45) is 5.41 Å². The van der Waals surface area contributed by atoms with Gasteiger partial charge in [-0.05, 0) is 6.92 Å². The highest BCUT2D eigenvalue weighted by Crippen LogP contribution is 2.26. The molecule has 18 heavy (non-hydrogen) atoms. The highest BCUT2D eigenvalue weighted by molar-refractivity contribution is 5.92. The predicted octanol–water partition coefficient (Wildman–Crippen LogP) is 2.18. The number of aryl methyl sites for hydroxylation is 1. The standard InChI is InChI=1S/C10H13F3N4O/c1-5-14-6(10(11,12)13)16-8(15-5)17-7(18)9(2,3)4/h1-4H3,(H,14,15,16,17,18). The fourth-order valence-electron chi connectivity index (χ4n) is 0.954. The molecular weight excluding hydrogens is 249 g/mol. The van der Waals surface area contributed by atoms with Crippen LogP contribution in [0.5, 0.6) is 0 Å². The second kappa shape index (κ2) is 4.51. The second-order valence-electron chi connectivity index (χ2n) is 4.73. The van der Waals surface area contributed by atoms with Crippen LogP contribution in [0.1, 0.15) is 32.4 Å². The molecule has 1 aromatic rings. The van der Waals surface area contributed by atoms with Crippen LogP contribution >= 0.6 is 0 Å². The minimum absolute atomic E-state index is 0.110. The molecule has 1 aromatic heterocycles. The van der Waals surface area contributed by atoms with Crippen LogP contribution in [0.25, 0.3) is 0 Å². The lowest BCUT2D eigenvalue weighted by atomic mass is 9.96. The van der Waals surface area contributed by atoms with Gasteiger partial charge >= 0.3 is 6.18 Å². The van der Waals surface area contributed by atoms with E-state index < -0.39 is 29.3 Å². The summed E-state index contributed by atoms with van der Waals surface area (Å²) >= 11 is 0. The third-order valence-electron chi connectivity index (χ3n) is 1.91. The van der Waals surface area contributed by atoms with E-state index in [4.69, 9.17) is 0 Å². The molecule has 0 spiro atoms. The number of aromatic nitrogens is 3. The zero-order valence-electron chi connectivity index (χ0n) is 10.4. The van der Waals surface area contributed by atoms with Gasteiger partial charge in [0, 0.05) is 5.41 Å². The van der Waals surface area contributed by atoms with Crippen LogP contribution in [-0.4, -0.2) is 20.9 Å². The Kier molecular flexibility index (Phi) is 3.59. The van der Waals surface area contributed by atoms with Gasteiger partial charge in [0.15, 0.2) is 0 Å². The molecule has 0 aliphatic rings. The third kappa shape index (κ3) is 3.64. The number of hydrogen-bond acceptors (Lipinski definition) is 4. The summed E-state index contributed by atoms with van der Waals surface area (Å²) in [5, 5.41) is 2.23. The average molecular weight is 262 g/mol. The Bertz CT molecular complexity index is 465. The van der Waals surface area contributed by atoms with Gasteiger partial charge in [-0.25, -0.2) is 4.98 Å². The lowest BCUT2D eigenvalue weighted by molar-refractivity contribution is -0.145. The third-order valence-corrected chi connectivity index (χ3v) is 1.91. The van der Waals surface area contributed by atoms with E-state index >= 15 is 0 Å². The molecule has 0 bridgehead atoms. The lowest BCUT2D eigenvalue weighted by Crippen LogP contribution is -2.29. The first kappa shape index (κ1) is 14.3. The average Bonchev–Trinajstić information content (AvgIpc) is 2.13. The maximum Gasteiger partial charge on any atom is 0.451 e. The molecule has 0 radical (unpaired) electrons. The van der Waals surface area contributed by atoms with Crippen LogP contribution in [0.4, 0.5) is 19.1 Å². The Morgan fingerprint density at radius 2 is 1.67 bits per heavy atom. The van der Waals surface area contributed by atoms with Crippen molar-refractivity contribution in [3.8, 4) is 0 Å². The molecule has 0 aliphatic heterocycles. The number of nitrogens with one attached hydrogen (secondary N) is 1. The zero-order chi connectivity index (χ0) is 14.1. The molecule has 0 saturated heterocycles. The van der Waals surface area contributed by atoms with Crippen molar-refractivity contribution in [2.75, 3.05) is 5.32 Å². The van der Waals surface area contributed by atoms with E-state index in [1.807, 2.05) is 0 Å². The highest BCUT2D eigenvalue weighted by atomic mass is 19.4. The number of rotatable bonds is 1. The van der Waals surface area contributed by atoms with Gasteiger partial charge in [-0.3, -0.25) is 10.1 Å². The smallest absolute Gasteiger partial charge is 0.294 e. The minimum Gasteiger partial charge on any atom is -0.294 e. The molecule has 100 valence electrons. The van der Waals surface area contributed by atoms with E-state index in [-0.39, 0.29) is 5.82 Å². The van der Waals surface area contributed by atoms with Gasteiger partial charge in [0.2, 0.25) is 17.7 Å². The van der Waals surface area contributed by atoms with E-state index in [0.29, 0.717) is 0 Å². The first-order valence-electron chi connectivity index (χ1n) is 5.11. The van der Waals surface area contributed by atoms with E-state index in [9.17, 15) is 18.0 Å². The molecule has 1 heterocycles. The Balaban J connectivity index is 3.05. The van der Waals surface area contributed by atoms with E-state index in [1.54, 1.807) is 20.8 Å². The summed E-state index contributed by atoms with van der Waals surface area (Å²) in [7, 11) is 0. The van der Waals surface area contributed by atoms with Gasteiger partial charge in [0.25, 0.3) is 0 Å². The number of alkyl halides is 3. The van der Waals surface area contributed by atoms with Gasteiger partial charge in [-0.2, -0.15) is 23.1 Å². The van der Waals surface area contributed by atoms with Crippen LogP contribution in [0.3, 0.4) is 0 Å². The first-order valence-corrected chi connectivity index (χ1v) is 5.11. The van der Waals surface area contributed by atoms with Gasteiger partial charge in [0.1, 0.15) is 5.82 Å². The quantitative estimate of drug-likeness (QED) is 0.842. The monoisotopic (exact) mass is 262 g/mol. The number of amides is 1. The van der Waals surface area contributed by atoms with Crippen molar-refractivity contribution < 1.29 is 18.0 Å². The largest absolute Gasteiger partial charge is 0.451 e. The summed E-state index contributed by atoms with van der Waals surface area (Å²) in [6.45, 7) is 6.17. The Hall–Kier alpha value is -1.73. The second-order valence-corrected chi connectivity index (χ2v) is 4.73. The molecule has 1 N–H and O–H groups in total. The van der Waals surface area contributed by atoms with Gasteiger partial charge in [0.05, 0.1) is 0 Å². The molecule has 0 atom stereocenters. The number of anilines is 1. The van der Waals surface area contributed by atoms with Crippen molar-refractivity contribution in [1.29, 1.82) is 0 Å². The van der Waals surface area contributed by atoms with Crippen LogP contribution < -0.4 is 5.32 Å². The maximum absolute atomic E-state index is 12.5. The predicted molar refractivity (Wildman–Crippen MR) is 57.7 cm³/mol. The molecule has 8 heteroatoms. The van der Waals surface area contributed by atoms with Crippen LogP contribution in [0.15, 0.2) is 0 Å². The van der Waals surface area contributed by atoms with Crippen LogP contribution in [0.2, 0.25) is 0 Å². The fourth-order valence-corrected chi connectivity index (χ4v) is 0.954. The number of carbonyl (C=O) groups excluding carboxylic acids is 1. The van der Waals surface area contributed by atoms with Gasteiger partial charge in [-0.1, -0.05) is 20.8 Å².